The molecule has 2 aliphatic heterocycles. The molecule has 0 bridgehead atoms. The minimum atomic E-state index is -0.407. The Morgan fingerprint density at radius 2 is 1.96 bits per heavy atom. The molecule has 136 valence electrons. The van der Waals surface area contributed by atoms with Crippen LogP contribution in [0.5, 0.6) is 11.5 Å². The van der Waals surface area contributed by atoms with Gasteiger partial charge in [0.2, 0.25) is 5.91 Å². The minimum Gasteiger partial charge on any atom is -0.489 e. The summed E-state index contributed by atoms with van der Waals surface area (Å²) in [6.45, 7) is 3.92. The molecule has 1 aromatic carbocycles. The summed E-state index contributed by atoms with van der Waals surface area (Å²) in [6.07, 6.45) is 5.92. The molecule has 6 heteroatoms. The van der Waals surface area contributed by atoms with Crippen molar-refractivity contribution < 1.29 is 14.3 Å². The van der Waals surface area contributed by atoms with Crippen LogP contribution in [0, 0.1) is 0 Å². The molecule has 1 saturated heterocycles. The summed E-state index contributed by atoms with van der Waals surface area (Å²) in [7, 11) is 0. The summed E-state index contributed by atoms with van der Waals surface area (Å²) in [4.78, 5) is 15.0. The standard InChI is InChI=1S/C19H25ClN2O3/c1-2-22-17(21-19(18(22)23)7-4-3-5-8-19)13-11-14(20)16-15(12-13)24-9-6-10-25-16/h11-12,17,21H,2-10H2,1H3. The minimum absolute atomic E-state index is 0.162. The van der Waals surface area contributed by atoms with Gasteiger partial charge in [0.15, 0.2) is 11.5 Å². The van der Waals surface area contributed by atoms with Crippen molar-refractivity contribution in [3.8, 4) is 11.5 Å². The molecule has 1 spiro atoms. The van der Waals surface area contributed by atoms with Gasteiger partial charge in [0.1, 0.15) is 6.17 Å². The number of ether oxygens (including phenoxy) is 2. The maximum Gasteiger partial charge on any atom is 0.244 e. The average molecular weight is 365 g/mol. The van der Waals surface area contributed by atoms with Gasteiger partial charge in [-0.05, 0) is 37.5 Å². The zero-order chi connectivity index (χ0) is 17.4. The normalized spacial score (nSPS) is 25.3. The average Bonchev–Trinajstić information content (AvgIpc) is 2.79. The number of hydrogen-bond donors (Lipinski definition) is 1. The Bertz CT molecular complexity index is 673. The molecule has 1 atom stereocenters. The van der Waals surface area contributed by atoms with Crippen LogP contribution in [0.3, 0.4) is 0 Å². The van der Waals surface area contributed by atoms with Gasteiger partial charge in [0.05, 0.1) is 23.8 Å². The summed E-state index contributed by atoms with van der Waals surface area (Å²) < 4.78 is 11.5. The fourth-order valence-corrected chi connectivity index (χ4v) is 4.58. The van der Waals surface area contributed by atoms with Crippen LogP contribution < -0.4 is 14.8 Å². The quantitative estimate of drug-likeness (QED) is 0.870. The largest absolute Gasteiger partial charge is 0.489 e. The maximum atomic E-state index is 13.1. The number of carbonyl (C=O) groups excluding carboxylic acids is 1. The lowest BCUT2D eigenvalue weighted by molar-refractivity contribution is -0.134. The third kappa shape index (κ3) is 2.87. The molecule has 5 nitrogen and oxygen atoms in total. The van der Waals surface area contributed by atoms with E-state index in [0.29, 0.717) is 36.3 Å². The second kappa shape index (κ2) is 6.69. The first kappa shape index (κ1) is 17.0. The van der Waals surface area contributed by atoms with E-state index in [0.717, 1.165) is 37.7 Å². The van der Waals surface area contributed by atoms with Gasteiger partial charge in [-0.25, -0.2) is 0 Å². The van der Waals surface area contributed by atoms with Crippen molar-refractivity contribution in [2.45, 2.75) is 57.2 Å². The number of halogens is 1. The molecule has 3 aliphatic rings. The van der Waals surface area contributed by atoms with Gasteiger partial charge in [0, 0.05) is 13.0 Å². The number of rotatable bonds is 2. The lowest BCUT2D eigenvalue weighted by Gasteiger charge is -2.31. The Hall–Kier alpha value is -1.46. The Morgan fingerprint density at radius 3 is 2.72 bits per heavy atom. The molecule has 1 aliphatic carbocycles. The molecule has 25 heavy (non-hydrogen) atoms. The fraction of sp³-hybridized carbons (Fsp3) is 0.632. The highest BCUT2D eigenvalue weighted by Gasteiger charge is 2.51. The van der Waals surface area contributed by atoms with E-state index in [1.165, 1.54) is 6.42 Å². The Morgan fingerprint density at radius 1 is 1.20 bits per heavy atom. The van der Waals surface area contributed by atoms with E-state index in [-0.39, 0.29) is 12.1 Å². The van der Waals surface area contributed by atoms with Crippen LogP contribution >= 0.6 is 11.6 Å². The molecule has 0 aromatic heterocycles. The lowest BCUT2D eigenvalue weighted by atomic mass is 9.81. The third-order valence-corrected chi connectivity index (χ3v) is 5.86. The van der Waals surface area contributed by atoms with Crippen LogP contribution in [-0.4, -0.2) is 36.1 Å². The first-order valence-corrected chi connectivity index (χ1v) is 9.70. The predicted molar refractivity (Wildman–Crippen MR) is 96.1 cm³/mol. The number of nitrogens with zero attached hydrogens (tertiary/aromatic N) is 1. The van der Waals surface area contributed by atoms with Crippen molar-refractivity contribution in [2.24, 2.45) is 0 Å². The lowest BCUT2D eigenvalue weighted by Crippen LogP contribution is -2.48. The molecular formula is C19H25ClN2O3. The van der Waals surface area contributed by atoms with Gasteiger partial charge in [-0.3, -0.25) is 10.1 Å². The second-order valence-electron chi connectivity index (χ2n) is 7.16. The summed E-state index contributed by atoms with van der Waals surface area (Å²) in [5.74, 6) is 1.51. The zero-order valence-corrected chi connectivity index (χ0v) is 15.4. The number of hydrogen-bond acceptors (Lipinski definition) is 4. The van der Waals surface area contributed by atoms with Crippen LogP contribution in [0.15, 0.2) is 12.1 Å². The Labute approximate surface area is 153 Å². The molecule has 1 aromatic rings. The van der Waals surface area contributed by atoms with Crippen molar-refractivity contribution in [3.63, 3.8) is 0 Å². The third-order valence-electron chi connectivity index (χ3n) is 5.58. The van der Waals surface area contributed by atoms with E-state index >= 15 is 0 Å². The van der Waals surface area contributed by atoms with Crippen molar-refractivity contribution in [1.29, 1.82) is 0 Å². The van der Waals surface area contributed by atoms with Crippen molar-refractivity contribution >= 4 is 17.5 Å². The number of carbonyl (C=O) groups is 1. The monoisotopic (exact) mass is 364 g/mol. The number of fused-ring (bicyclic) bond motifs is 1. The Kier molecular flexibility index (Phi) is 4.54. The van der Waals surface area contributed by atoms with E-state index in [4.69, 9.17) is 21.1 Å². The van der Waals surface area contributed by atoms with E-state index in [1.807, 2.05) is 24.0 Å². The highest BCUT2D eigenvalue weighted by Crippen LogP contribution is 2.44. The van der Waals surface area contributed by atoms with Crippen molar-refractivity contribution in [2.75, 3.05) is 19.8 Å². The highest BCUT2D eigenvalue weighted by molar-refractivity contribution is 6.32. The number of likely N-dealkylation sites (N-methyl/N-ethyl adjacent to an activating group) is 1. The second-order valence-corrected chi connectivity index (χ2v) is 7.57. The van der Waals surface area contributed by atoms with E-state index < -0.39 is 5.54 Å². The van der Waals surface area contributed by atoms with Crippen LogP contribution in [0.25, 0.3) is 0 Å². The van der Waals surface area contributed by atoms with Crippen molar-refractivity contribution in [1.82, 2.24) is 10.2 Å². The molecule has 1 N–H and O–H groups in total. The van der Waals surface area contributed by atoms with Gasteiger partial charge in [-0.1, -0.05) is 30.9 Å². The summed E-state index contributed by atoms with van der Waals surface area (Å²) in [6, 6.07) is 3.88. The molecule has 1 unspecified atom stereocenters. The van der Waals surface area contributed by atoms with E-state index in [2.05, 4.69) is 5.32 Å². The SMILES string of the molecule is CCN1C(=O)C2(CCCCC2)NC1c1cc(Cl)c2c(c1)OCCCO2. The molecular weight excluding hydrogens is 340 g/mol. The molecule has 1 amide bonds. The van der Waals surface area contributed by atoms with Crippen LogP contribution in [0.2, 0.25) is 5.02 Å². The van der Waals surface area contributed by atoms with E-state index in [9.17, 15) is 4.79 Å². The first-order chi connectivity index (χ1) is 12.1. The van der Waals surface area contributed by atoms with Gasteiger partial charge >= 0.3 is 0 Å². The number of amides is 1. The van der Waals surface area contributed by atoms with Gasteiger partial charge in [-0.2, -0.15) is 0 Å². The highest BCUT2D eigenvalue weighted by atomic mass is 35.5. The van der Waals surface area contributed by atoms with Crippen LogP contribution in [-0.2, 0) is 4.79 Å². The van der Waals surface area contributed by atoms with Gasteiger partial charge in [-0.15, -0.1) is 0 Å². The molecule has 1 saturated carbocycles. The first-order valence-electron chi connectivity index (χ1n) is 9.32. The van der Waals surface area contributed by atoms with Crippen LogP contribution in [0.1, 0.15) is 57.2 Å². The van der Waals surface area contributed by atoms with Gasteiger partial charge < -0.3 is 14.4 Å². The predicted octanol–water partition coefficient (Wildman–Crippen LogP) is 3.65. The molecule has 2 heterocycles. The summed E-state index contributed by atoms with van der Waals surface area (Å²) in [5, 5.41) is 4.19. The molecule has 0 radical (unpaired) electrons. The topological polar surface area (TPSA) is 50.8 Å². The van der Waals surface area contributed by atoms with Crippen LogP contribution in [0.4, 0.5) is 0 Å². The molecule has 2 fully saturated rings. The summed E-state index contributed by atoms with van der Waals surface area (Å²) >= 11 is 6.47. The number of nitrogens with one attached hydrogen (secondary N) is 1. The van der Waals surface area contributed by atoms with Crippen molar-refractivity contribution in [3.05, 3.63) is 22.7 Å². The summed E-state index contributed by atoms with van der Waals surface area (Å²) in [5.41, 5.74) is 0.558. The smallest absolute Gasteiger partial charge is 0.244 e. The maximum absolute atomic E-state index is 13.1. The fourth-order valence-electron chi connectivity index (χ4n) is 4.31. The van der Waals surface area contributed by atoms with E-state index in [1.54, 1.807) is 0 Å². The Balaban J connectivity index is 1.70. The number of benzene rings is 1. The molecule has 4 rings (SSSR count). The van der Waals surface area contributed by atoms with Gasteiger partial charge in [0.25, 0.3) is 0 Å². The zero-order valence-electron chi connectivity index (χ0n) is 14.6.